The molecule has 2 unspecified atom stereocenters. The number of piperidine rings is 1. The highest BCUT2D eigenvalue weighted by molar-refractivity contribution is 7.89. The highest BCUT2D eigenvalue weighted by atomic mass is 32.2. The number of anilines is 1. The van der Waals surface area contributed by atoms with Crippen molar-refractivity contribution < 1.29 is 22.3 Å². The minimum atomic E-state index is -4.33. The molecule has 8 heteroatoms. The molecule has 1 aliphatic heterocycles. The summed E-state index contributed by atoms with van der Waals surface area (Å²) in [6, 6.07) is 1.53. The van der Waals surface area contributed by atoms with Crippen molar-refractivity contribution in [3.63, 3.8) is 0 Å². The van der Waals surface area contributed by atoms with E-state index in [2.05, 4.69) is 0 Å². The first-order valence-electron chi connectivity index (χ1n) is 6.16. The summed E-state index contributed by atoms with van der Waals surface area (Å²) in [4.78, 5) is -1.02. The van der Waals surface area contributed by atoms with Gasteiger partial charge in [0.15, 0.2) is 4.90 Å². The Morgan fingerprint density at radius 3 is 2.40 bits per heavy atom. The second kappa shape index (κ2) is 5.27. The zero-order chi connectivity index (χ0) is 15.1. The number of rotatable bonds is 2. The van der Waals surface area contributed by atoms with Gasteiger partial charge in [-0.3, -0.25) is 0 Å². The fourth-order valence-corrected chi connectivity index (χ4v) is 3.76. The molecule has 2 atom stereocenters. The maximum atomic E-state index is 13.7. The Morgan fingerprint density at radius 1 is 1.35 bits per heavy atom. The van der Waals surface area contributed by atoms with E-state index in [-0.39, 0.29) is 24.7 Å². The topological polar surface area (TPSA) is 83.6 Å². The third-order valence-corrected chi connectivity index (χ3v) is 5.42. The van der Waals surface area contributed by atoms with Gasteiger partial charge in [-0.25, -0.2) is 17.2 Å². The maximum absolute atomic E-state index is 13.7. The lowest BCUT2D eigenvalue weighted by molar-refractivity contribution is 0.0603. The molecule has 1 heterocycles. The third-order valence-electron chi connectivity index (χ3n) is 3.50. The van der Waals surface area contributed by atoms with Gasteiger partial charge in [0, 0.05) is 18.8 Å². The second-order valence-corrected chi connectivity index (χ2v) is 6.88. The van der Waals surface area contributed by atoms with Gasteiger partial charge in [-0.15, -0.1) is 0 Å². The number of β-amino-alcohol motifs (C(OH)–C–C–N with tert-alkyl or cyclic N) is 1. The van der Waals surface area contributed by atoms with Gasteiger partial charge in [0.2, 0.25) is 10.0 Å². The van der Waals surface area contributed by atoms with Crippen molar-refractivity contribution in [2.75, 3.05) is 18.8 Å². The van der Waals surface area contributed by atoms with Crippen LogP contribution < -0.4 is 5.73 Å². The molecule has 1 aromatic rings. The molecule has 2 rings (SSSR count). The summed E-state index contributed by atoms with van der Waals surface area (Å²) >= 11 is 0. The molecule has 1 fully saturated rings. The quantitative estimate of drug-likeness (QED) is 0.797. The Bertz CT molecular complexity index is 598. The van der Waals surface area contributed by atoms with Gasteiger partial charge in [-0.1, -0.05) is 6.92 Å². The van der Waals surface area contributed by atoms with E-state index in [9.17, 15) is 22.3 Å². The van der Waals surface area contributed by atoms with Crippen molar-refractivity contribution in [2.45, 2.75) is 24.3 Å². The molecule has 0 saturated carbocycles. The number of aliphatic hydroxyl groups is 1. The smallest absolute Gasteiger partial charge is 0.249 e. The molecule has 0 amide bonds. The van der Waals surface area contributed by atoms with E-state index in [1.54, 1.807) is 6.92 Å². The Hall–Kier alpha value is -1.25. The van der Waals surface area contributed by atoms with Crippen molar-refractivity contribution >= 4 is 15.7 Å². The van der Waals surface area contributed by atoms with E-state index in [0.29, 0.717) is 6.42 Å². The first-order chi connectivity index (χ1) is 9.23. The van der Waals surface area contributed by atoms with E-state index in [0.717, 1.165) is 16.4 Å². The molecule has 1 aliphatic rings. The zero-order valence-electron chi connectivity index (χ0n) is 10.9. The Kier molecular flexibility index (Phi) is 3.99. The normalized spacial score (nSPS) is 24.8. The van der Waals surface area contributed by atoms with Crippen molar-refractivity contribution in [2.24, 2.45) is 5.92 Å². The number of hydrogen-bond donors (Lipinski definition) is 2. The van der Waals surface area contributed by atoms with E-state index in [4.69, 9.17) is 5.73 Å². The monoisotopic (exact) mass is 306 g/mol. The highest BCUT2D eigenvalue weighted by Gasteiger charge is 2.36. The molecular formula is C12H16F2N2O3S. The molecule has 1 saturated heterocycles. The number of nitrogens with zero attached hydrogens (tertiary/aromatic N) is 1. The molecule has 0 aromatic heterocycles. The van der Waals surface area contributed by atoms with Crippen LogP contribution in [0.5, 0.6) is 0 Å². The molecule has 0 spiro atoms. The molecule has 5 nitrogen and oxygen atoms in total. The maximum Gasteiger partial charge on any atom is 0.249 e. The van der Waals surface area contributed by atoms with Crippen LogP contribution in [-0.4, -0.2) is 37.0 Å². The van der Waals surface area contributed by atoms with E-state index >= 15 is 0 Å². The number of sulfonamides is 1. The average molecular weight is 306 g/mol. The predicted molar refractivity (Wildman–Crippen MR) is 69.3 cm³/mol. The van der Waals surface area contributed by atoms with Crippen molar-refractivity contribution in [1.82, 2.24) is 4.31 Å². The van der Waals surface area contributed by atoms with Gasteiger partial charge in [0.1, 0.15) is 11.6 Å². The van der Waals surface area contributed by atoms with Crippen LogP contribution in [0, 0.1) is 17.6 Å². The summed E-state index contributed by atoms with van der Waals surface area (Å²) in [5.74, 6) is -2.51. The lowest BCUT2D eigenvalue weighted by Gasteiger charge is -2.33. The second-order valence-electron chi connectivity index (χ2n) is 5.01. The van der Waals surface area contributed by atoms with Crippen LogP contribution in [0.2, 0.25) is 0 Å². The minimum absolute atomic E-state index is 0.0532. The summed E-state index contributed by atoms with van der Waals surface area (Å²) in [7, 11) is -4.33. The van der Waals surface area contributed by atoms with E-state index in [1.807, 2.05) is 0 Å². The number of aliphatic hydroxyl groups excluding tert-OH is 1. The highest BCUT2D eigenvalue weighted by Crippen LogP contribution is 2.28. The molecule has 0 radical (unpaired) electrons. The summed E-state index contributed by atoms with van der Waals surface area (Å²) in [5, 5.41) is 9.73. The minimum Gasteiger partial charge on any atom is -0.399 e. The predicted octanol–water partition coefficient (Wildman–Crippen LogP) is 0.938. The van der Waals surface area contributed by atoms with Gasteiger partial charge in [-0.05, 0) is 24.5 Å². The molecule has 0 bridgehead atoms. The van der Waals surface area contributed by atoms with Crippen molar-refractivity contribution in [3.8, 4) is 0 Å². The first-order valence-corrected chi connectivity index (χ1v) is 7.60. The molecular weight excluding hydrogens is 290 g/mol. The zero-order valence-corrected chi connectivity index (χ0v) is 11.7. The van der Waals surface area contributed by atoms with Crippen LogP contribution in [0.3, 0.4) is 0 Å². The van der Waals surface area contributed by atoms with Crippen LogP contribution in [0.4, 0.5) is 14.5 Å². The summed E-state index contributed by atoms with van der Waals surface area (Å²) in [6.45, 7) is 1.73. The fourth-order valence-electron chi connectivity index (χ4n) is 2.19. The van der Waals surface area contributed by atoms with E-state index < -0.39 is 32.7 Å². The molecule has 3 N–H and O–H groups in total. The van der Waals surface area contributed by atoms with Gasteiger partial charge in [-0.2, -0.15) is 4.31 Å². The summed E-state index contributed by atoms with van der Waals surface area (Å²) in [5.41, 5.74) is 5.07. The Balaban J connectivity index is 2.41. The number of halogens is 2. The lowest BCUT2D eigenvalue weighted by atomic mass is 9.98. The van der Waals surface area contributed by atoms with Crippen LogP contribution >= 0.6 is 0 Å². The molecule has 20 heavy (non-hydrogen) atoms. The van der Waals surface area contributed by atoms with Gasteiger partial charge >= 0.3 is 0 Å². The molecule has 1 aromatic carbocycles. The first kappa shape index (κ1) is 15.1. The molecule has 0 aliphatic carbocycles. The standard InChI is InChI=1S/C12H16F2N2O3S/c1-7-2-3-16(6-11(7)17)20(18,19)12-9(13)4-8(15)5-10(12)14/h4-5,7,11,17H,2-3,6,15H2,1H3. The van der Waals surface area contributed by atoms with Crippen LogP contribution in [0.1, 0.15) is 13.3 Å². The number of nitrogens with two attached hydrogens (primary N) is 1. The van der Waals surface area contributed by atoms with Gasteiger partial charge < -0.3 is 10.8 Å². The Morgan fingerprint density at radius 2 is 1.90 bits per heavy atom. The number of nitrogen functional groups attached to an aromatic ring is 1. The van der Waals surface area contributed by atoms with Gasteiger partial charge in [0.25, 0.3) is 0 Å². The van der Waals surface area contributed by atoms with Crippen LogP contribution in [0.25, 0.3) is 0 Å². The molecule has 112 valence electrons. The largest absolute Gasteiger partial charge is 0.399 e. The fraction of sp³-hybridized carbons (Fsp3) is 0.500. The Labute approximate surface area is 116 Å². The number of hydrogen-bond acceptors (Lipinski definition) is 4. The van der Waals surface area contributed by atoms with Crippen LogP contribution in [-0.2, 0) is 10.0 Å². The van der Waals surface area contributed by atoms with E-state index in [1.165, 1.54) is 0 Å². The average Bonchev–Trinajstić information content (AvgIpc) is 2.30. The third kappa shape index (κ3) is 2.63. The van der Waals surface area contributed by atoms with Crippen molar-refractivity contribution in [3.05, 3.63) is 23.8 Å². The SMILES string of the molecule is CC1CCN(S(=O)(=O)c2c(F)cc(N)cc2F)CC1O. The summed E-state index contributed by atoms with van der Waals surface area (Å²) in [6.07, 6.45) is -0.420. The summed E-state index contributed by atoms with van der Waals surface area (Å²) < 4.78 is 53.0. The number of benzene rings is 1. The van der Waals surface area contributed by atoms with Crippen LogP contribution in [0.15, 0.2) is 17.0 Å². The van der Waals surface area contributed by atoms with Gasteiger partial charge in [0.05, 0.1) is 6.10 Å². The van der Waals surface area contributed by atoms with Crippen molar-refractivity contribution in [1.29, 1.82) is 0 Å². The lowest BCUT2D eigenvalue weighted by Crippen LogP contribution is -2.46.